The van der Waals surface area contributed by atoms with E-state index in [-0.39, 0.29) is 16.6 Å². The summed E-state index contributed by atoms with van der Waals surface area (Å²) in [5.74, 6) is -0.328. The predicted octanol–water partition coefficient (Wildman–Crippen LogP) is 3.33. The number of ether oxygens (including phenoxy) is 2. The highest BCUT2D eigenvalue weighted by molar-refractivity contribution is 5.70. The Morgan fingerprint density at radius 1 is 0.792 bits per heavy atom. The molecule has 0 unspecified atom stereocenters. The van der Waals surface area contributed by atoms with Crippen LogP contribution in [-0.4, -0.2) is 56.2 Å². The molecule has 144 valence electrons. The maximum absolute atomic E-state index is 11.2. The lowest BCUT2D eigenvalue weighted by atomic mass is 10.2. The van der Waals surface area contributed by atoms with Crippen molar-refractivity contribution in [2.24, 2.45) is 0 Å². The summed E-state index contributed by atoms with van der Waals surface area (Å²) in [7, 11) is 5.12. The maximum Gasteiger partial charge on any atom is 0.305 e. The number of esters is 2. The molecule has 0 aromatic carbocycles. The quantitative estimate of drug-likeness (QED) is 0.191. The van der Waals surface area contributed by atoms with Crippen molar-refractivity contribution in [2.75, 3.05) is 34.4 Å². The molecule has 0 fully saturated rings. The molecular formula is C17H36NO6+. The molecule has 7 nitrogen and oxygen atoms in total. The van der Waals surface area contributed by atoms with E-state index >= 15 is 0 Å². The van der Waals surface area contributed by atoms with Crippen molar-refractivity contribution in [1.82, 2.24) is 0 Å². The first-order chi connectivity index (χ1) is 11.3. The molecule has 0 aromatic rings. The average Bonchev–Trinajstić information content (AvgIpc) is 2.52. The molecule has 0 aromatic heterocycles. The highest BCUT2D eigenvalue weighted by atomic mass is 17.2. The Balaban J connectivity index is 0. The van der Waals surface area contributed by atoms with E-state index in [1.807, 2.05) is 0 Å². The van der Waals surface area contributed by atoms with Crippen LogP contribution in [0.3, 0.4) is 0 Å². The average molecular weight is 350 g/mol. The molecule has 0 amide bonds. The van der Waals surface area contributed by atoms with E-state index in [9.17, 15) is 9.59 Å². The van der Waals surface area contributed by atoms with Gasteiger partial charge in [0.2, 0.25) is 0 Å². The number of hydroxylamine groups is 3. The van der Waals surface area contributed by atoms with Gasteiger partial charge in [-0.25, -0.2) is 5.26 Å². The van der Waals surface area contributed by atoms with Crippen LogP contribution in [-0.2, 0) is 24.1 Å². The van der Waals surface area contributed by atoms with Crippen molar-refractivity contribution in [3.05, 3.63) is 0 Å². The molecule has 0 radical (unpaired) electrons. The van der Waals surface area contributed by atoms with Crippen LogP contribution in [0.15, 0.2) is 0 Å². The van der Waals surface area contributed by atoms with E-state index in [1.165, 1.54) is 0 Å². The minimum Gasteiger partial charge on any atom is -0.466 e. The van der Waals surface area contributed by atoms with Gasteiger partial charge in [-0.2, -0.15) is 4.65 Å². The Bertz CT molecular complexity index is 291. The number of unbranched alkanes of at least 4 members (excludes halogenated alkanes) is 3. The predicted molar refractivity (Wildman–Crippen MR) is 91.9 cm³/mol. The lowest BCUT2D eigenvalue weighted by molar-refractivity contribution is -1.11. The van der Waals surface area contributed by atoms with Crippen LogP contribution in [0, 0.1) is 0 Å². The molecule has 0 saturated heterocycles. The first kappa shape index (κ1) is 25.1. The van der Waals surface area contributed by atoms with Gasteiger partial charge in [0.25, 0.3) is 0 Å². The van der Waals surface area contributed by atoms with Crippen LogP contribution >= 0.6 is 0 Å². The zero-order chi connectivity index (χ0) is 18.8. The van der Waals surface area contributed by atoms with E-state index < -0.39 is 0 Å². The monoisotopic (exact) mass is 350 g/mol. The second-order valence-electron chi connectivity index (χ2n) is 6.33. The molecule has 0 aliphatic heterocycles. The van der Waals surface area contributed by atoms with Crippen LogP contribution in [0.1, 0.15) is 65.2 Å². The van der Waals surface area contributed by atoms with E-state index in [2.05, 4.69) is 18.8 Å². The largest absolute Gasteiger partial charge is 0.466 e. The fourth-order valence-corrected chi connectivity index (χ4v) is 1.34. The number of hydrogen-bond acceptors (Lipinski definition) is 6. The van der Waals surface area contributed by atoms with Crippen LogP contribution in [0.25, 0.3) is 0 Å². The second kappa shape index (κ2) is 16.7. The number of carbonyl (C=O) groups is 2. The van der Waals surface area contributed by atoms with Gasteiger partial charge in [0, 0.05) is 12.8 Å². The Labute approximate surface area is 146 Å². The van der Waals surface area contributed by atoms with Gasteiger partial charge in [-0.3, -0.25) is 9.59 Å². The SMILES string of the molecule is CCCCOC(=O)CCCCC(=O)OCCCC.C[N+](C)(C)OO. The topological polar surface area (TPSA) is 82.1 Å². The summed E-state index contributed by atoms with van der Waals surface area (Å²) in [5.41, 5.74) is 0. The van der Waals surface area contributed by atoms with Crippen LogP contribution < -0.4 is 0 Å². The third-order valence-electron chi connectivity index (χ3n) is 2.78. The lowest BCUT2D eigenvalue weighted by Crippen LogP contribution is -2.32. The van der Waals surface area contributed by atoms with Gasteiger partial charge in [-0.1, -0.05) is 26.7 Å². The summed E-state index contributed by atoms with van der Waals surface area (Å²) in [6.45, 7) is 5.12. The first-order valence-electron chi connectivity index (χ1n) is 8.72. The summed E-state index contributed by atoms with van der Waals surface area (Å²) in [6, 6.07) is 0. The molecule has 24 heavy (non-hydrogen) atoms. The molecule has 0 atom stereocenters. The van der Waals surface area contributed by atoms with Gasteiger partial charge in [-0.05, 0) is 30.7 Å². The summed E-state index contributed by atoms with van der Waals surface area (Å²) in [4.78, 5) is 26.3. The Kier molecular flexibility index (Phi) is 17.4. The van der Waals surface area contributed by atoms with Crippen molar-refractivity contribution in [1.29, 1.82) is 0 Å². The highest BCUT2D eigenvalue weighted by Gasteiger charge is 2.05. The Morgan fingerprint density at radius 2 is 1.12 bits per heavy atom. The minimum absolute atomic E-state index is 0.125. The van der Waals surface area contributed by atoms with Crippen molar-refractivity contribution in [2.45, 2.75) is 65.2 Å². The molecule has 0 aliphatic rings. The van der Waals surface area contributed by atoms with Crippen molar-refractivity contribution in [3.8, 4) is 0 Å². The maximum atomic E-state index is 11.2. The number of carbonyl (C=O) groups excluding carboxylic acids is 2. The zero-order valence-corrected chi connectivity index (χ0v) is 16.0. The van der Waals surface area contributed by atoms with Gasteiger partial charge < -0.3 is 9.47 Å². The Hall–Kier alpha value is -1.18. The number of nitrogens with zero attached hydrogens (tertiary/aromatic N) is 1. The van der Waals surface area contributed by atoms with Crippen molar-refractivity contribution in [3.63, 3.8) is 0 Å². The summed E-state index contributed by atoms with van der Waals surface area (Å²) < 4.78 is 10.2. The number of hydrogen-bond donors (Lipinski definition) is 1. The molecule has 0 heterocycles. The van der Waals surface area contributed by atoms with Crippen LogP contribution in [0.2, 0.25) is 0 Å². The highest BCUT2D eigenvalue weighted by Crippen LogP contribution is 2.04. The smallest absolute Gasteiger partial charge is 0.305 e. The normalized spacial score (nSPS) is 10.6. The third-order valence-corrected chi connectivity index (χ3v) is 2.78. The fraction of sp³-hybridized carbons (Fsp3) is 0.882. The van der Waals surface area contributed by atoms with Gasteiger partial charge in [0.1, 0.15) is 21.1 Å². The molecule has 0 spiro atoms. The van der Waals surface area contributed by atoms with E-state index in [1.54, 1.807) is 21.1 Å². The van der Waals surface area contributed by atoms with E-state index in [4.69, 9.17) is 14.7 Å². The van der Waals surface area contributed by atoms with E-state index in [0.29, 0.717) is 38.9 Å². The van der Waals surface area contributed by atoms with Crippen LogP contribution in [0.5, 0.6) is 0 Å². The lowest BCUT2D eigenvalue weighted by Gasteiger charge is -2.13. The summed E-state index contributed by atoms with van der Waals surface area (Å²) in [6.07, 6.45) is 6.04. The molecule has 1 N–H and O–H groups in total. The molecular weight excluding hydrogens is 314 g/mol. The number of rotatable bonds is 12. The van der Waals surface area contributed by atoms with Crippen molar-refractivity contribution >= 4 is 11.9 Å². The van der Waals surface area contributed by atoms with Gasteiger partial charge >= 0.3 is 11.9 Å². The number of quaternary nitrogens is 1. The summed E-state index contributed by atoms with van der Waals surface area (Å²) >= 11 is 0. The van der Waals surface area contributed by atoms with Crippen LogP contribution in [0.4, 0.5) is 0 Å². The van der Waals surface area contributed by atoms with Crippen molar-refractivity contribution < 1.29 is 34.0 Å². The summed E-state index contributed by atoms with van der Waals surface area (Å²) in [5, 5.41) is 7.88. The van der Waals surface area contributed by atoms with Gasteiger partial charge in [0.15, 0.2) is 0 Å². The second-order valence-corrected chi connectivity index (χ2v) is 6.33. The zero-order valence-electron chi connectivity index (χ0n) is 16.0. The van der Waals surface area contributed by atoms with E-state index in [0.717, 1.165) is 25.7 Å². The molecule has 7 heteroatoms. The molecule has 0 saturated carbocycles. The van der Waals surface area contributed by atoms with Gasteiger partial charge in [-0.15, -0.1) is 0 Å². The fourth-order valence-electron chi connectivity index (χ4n) is 1.34. The molecule has 0 rings (SSSR count). The molecule has 0 aliphatic carbocycles. The minimum atomic E-state index is -0.164. The van der Waals surface area contributed by atoms with Gasteiger partial charge in [0.05, 0.1) is 13.2 Å². The third kappa shape index (κ3) is 23.1. The molecule has 0 bridgehead atoms. The standard InChI is InChI=1S/C14H26O4.C3H9NO2/c1-3-5-11-17-13(15)9-7-8-10-14(16)18-12-6-4-2;1-4(2,3)6-5/h3-12H2,1-2H3;1-3H3/p+1. The first-order valence-corrected chi connectivity index (χ1v) is 8.72. The Morgan fingerprint density at radius 3 is 1.38 bits per heavy atom.